The maximum absolute atomic E-state index is 8.66. The summed E-state index contributed by atoms with van der Waals surface area (Å²) < 4.78 is 0. The van der Waals surface area contributed by atoms with Gasteiger partial charge in [-0.25, -0.2) is 0 Å². The number of allylic oxidation sites excluding steroid dienone is 4. The second-order valence-corrected chi connectivity index (χ2v) is 3.39. The zero-order valence-electron chi connectivity index (χ0n) is 7.85. The van der Waals surface area contributed by atoms with Gasteiger partial charge in [-0.3, -0.25) is 0 Å². The molecule has 68 valence electrons. The van der Waals surface area contributed by atoms with Gasteiger partial charge in [-0.1, -0.05) is 36.4 Å². The highest BCUT2D eigenvalue weighted by Gasteiger charge is 2.07. The quantitative estimate of drug-likeness (QED) is 0.652. The largest absolute Gasteiger partial charge is 0.192 e. The summed E-state index contributed by atoms with van der Waals surface area (Å²) in [5.74, 6) is 0.479. The molecule has 14 heavy (non-hydrogen) atoms. The van der Waals surface area contributed by atoms with Gasteiger partial charge in [-0.15, -0.1) is 0 Å². The van der Waals surface area contributed by atoms with Crippen molar-refractivity contribution in [1.82, 2.24) is 0 Å². The first-order valence-electron chi connectivity index (χ1n) is 4.73. The van der Waals surface area contributed by atoms with E-state index in [-0.39, 0.29) is 0 Å². The minimum atomic E-state index is 0.479. The van der Waals surface area contributed by atoms with Gasteiger partial charge in [0.25, 0.3) is 0 Å². The number of hydrogen-bond acceptors (Lipinski definition) is 1. The molecule has 2 rings (SSSR count). The average molecular weight is 181 g/mol. The van der Waals surface area contributed by atoms with Gasteiger partial charge in [0.05, 0.1) is 11.6 Å². The fourth-order valence-corrected chi connectivity index (χ4v) is 1.63. The molecule has 1 heteroatoms. The maximum Gasteiger partial charge on any atom is 0.0991 e. The summed E-state index contributed by atoms with van der Waals surface area (Å²) in [6.07, 6.45) is 9.57. The Labute approximate surface area is 84.0 Å². The molecule has 0 heterocycles. The molecule has 1 aliphatic rings. The van der Waals surface area contributed by atoms with Crippen LogP contribution in [0.2, 0.25) is 0 Å². The second kappa shape index (κ2) is 3.93. The van der Waals surface area contributed by atoms with Crippen molar-refractivity contribution in [3.05, 3.63) is 59.7 Å². The fraction of sp³-hybridized carbons (Fsp3) is 0.154. The first-order valence-corrected chi connectivity index (χ1v) is 4.73. The Morgan fingerprint density at radius 3 is 2.50 bits per heavy atom. The van der Waals surface area contributed by atoms with Gasteiger partial charge in [0.2, 0.25) is 0 Å². The Balaban J connectivity index is 2.21. The zero-order valence-corrected chi connectivity index (χ0v) is 7.85. The van der Waals surface area contributed by atoms with Crippen LogP contribution in [0.3, 0.4) is 0 Å². The van der Waals surface area contributed by atoms with E-state index in [4.69, 9.17) is 5.26 Å². The number of hydrogen-bond donors (Lipinski definition) is 0. The minimum Gasteiger partial charge on any atom is -0.192 e. The molecule has 0 saturated heterocycles. The summed E-state index contributed by atoms with van der Waals surface area (Å²) in [6, 6.07) is 9.95. The third kappa shape index (κ3) is 1.75. The lowest BCUT2D eigenvalue weighted by atomic mass is 9.92. The van der Waals surface area contributed by atoms with Crippen molar-refractivity contribution in [2.45, 2.75) is 12.3 Å². The Morgan fingerprint density at radius 1 is 1.14 bits per heavy atom. The predicted octanol–water partition coefficient (Wildman–Crippen LogP) is 3.16. The molecule has 0 saturated carbocycles. The second-order valence-electron chi connectivity index (χ2n) is 3.39. The van der Waals surface area contributed by atoms with E-state index in [0.29, 0.717) is 5.92 Å². The number of nitrogens with zero attached hydrogens (tertiary/aromatic N) is 1. The highest BCUT2D eigenvalue weighted by atomic mass is 14.2. The van der Waals surface area contributed by atoms with Crippen LogP contribution in [0.15, 0.2) is 48.6 Å². The van der Waals surface area contributed by atoms with Gasteiger partial charge in [-0.2, -0.15) is 5.26 Å². The van der Waals surface area contributed by atoms with Gasteiger partial charge in [0.15, 0.2) is 0 Å². The molecule has 0 aromatic heterocycles. The Bertz CT molecular complexity index is 404. The normalized spacial score (nSPS) is 19.2. The topological polar surface area (TPSA) is 23.8 Å². The summed E-state index contributed by atoms with van der Waals surface area (Å²) in [6.45, 7) is 0. The third-order valence-corrected chi connectivity index (χ3v) is 2.45. The minimum absolute atomic E-state index is 0.479. The molecular formula is C13H11N. The predicted molar refractivity (Wildman–Crippen MR) is 56.8 cm³/mol. The Morgan fingerprint density at radius 2 is 1.93 bits per heavy atom. The van der Waals surface area contributed by atoms with E-state index in [1.807, 2.05) is 24.3 Å². The molecule has 0 aliphatic heterocycles. The van der Waals surface area contributed by atoms with Crippen LogP contribution >= 0.6 is 0 Å². The summed E-state index contributed by atoms with van der Waals surface area (Å²) in [7, 11) is 0. The lowest BCUT2D eigenvalue weighted by Crippen LogP contribution is -1.95. The molecule has 0 spiro atoms. The standard InChI is InChI=1S/C13H11N/c14-10-11-6-8-13(9-7-11)12-4-2-1-3-5-12/h1-4,6-9,12H,5H2/t12-/m0/s1. The molecule has 1 atom stereocenters. The molecule has 0 amide bonds. The summed E-state index contributed by atoms with van der Waals surface area (Å²) in [5, 5.41) is 8.66. The van der Waals surface area contributed by atoms with Gasteiger partial charge in [-0.05, 0) is 24.1 Å². The number of benzene rings is 1. The van der Waals surface area contributed by atoms with E-state index in [1.54, 1.807) is 0 Å². The number of nitriles is 1. The molecule has 0 unspecified atom stereocenters. The van der Waals surface area contributed by atoms with Crippen molar-refractivity contribution in [2.75, 3.05) is 0 Å². The highest BCUT2D eigenvalue weighted by molar-refractivity contribution is 5.35. The number of rotatable bonds is 1. The lowest BCUT2D eigenvalue weighted by molar-refractivity contribution is 0.853. The maximum atomic E-state index is 8.66. The SMILES string of the molecule is N#Cc1ccc([C@H]2C=CC=CC2)cc1. The molecule has 1 aromatic rings. The lowest BCUT2D eigenvalue weighted by Gasteiger charge is -2.12. The first kappa shape index (κ1) is 8.77. The Hall–Kier alpha value is -1.81. The van der Waals surface area contributed by atoms with E-state index in [2.05, 4.69) is 30.4 Å². The van der Waals surface area contributed by atoms with Crippen LogP contribution < -0.4 is 0 Å². The zero-order chi connectivity index (χ0) is 9.80. The van der Waals surface area contributed by atoms with E-state index in [0.717, 1.165) is 12.0 Å². The van der Waals surface area contributed by atoms with Crippen LogP contribution in [-0.2, 0) is 0 Å². The van der Waals surface area contributed by atoms with E-state index < -0.39 is 0 Å². The smallest absolute Gasteiger partial charge is 0.0991 e. The van der Waals surface area contributed by atoms with Gasteiger partial charge in [0.1, 0.15) is 0 Å². The van der Waals surface area contributed by atoms with E-state index >= 15 is 0 Å². The molecule has 0 bridgehead atoms. The molecule has 1 aromatic carbocycles. The van der Waals surface area contributed by atoms with Crippen molar-refractivity contribution < 1.29 is 0 Å². The molecule has 0 N–H and O–H groups in total. The molecule has 1 aliphatic carbocycles. The van der Waals surface area contributed by atoms with Crippen LogP contribution in [0, 0.1) is 11.3 Å². The van der Waals surface area contributed by atoms with Gasteiger partial charge < -0.3 is 0 Å². The van der Waals surface area contributed by atoms with Crippen LogP contribution in [0.4, 0.5) is 0 Å². The van der Waals surface area contributed by atoms with E-state index in [9.17, 15) is 0 Å². The molecule has 0 radical (unpaired) electrons. The highest BCUT2D eigenvalue weighted by Crippen LogP contribution is 2.24. The average Bonchev–Trinajstić information content (AvgIpc) is 2.30. The van der Waals surface area contributed by atoms with Crippen molar-refractivity contribution in [1.29, 1.82) is 5.26 Å². The molecular weight excluding hydrogens is 170 g/mol. The van der Waals surface area contributed by atoms with Crippen LogP contribution in [0.5, 0.6) is 0 Å². The van der Waals surface area contributed by atoms with Crippen molar-refractivity contribution >= 4 is 0 Å². The van der Waals surface area contributed by atoms with Crippen molar-refractivity contribution in [2.24, 2.45) is 0 Å². The molecule has 1 nitrogen and oxygen atoms in total. The van der Waals surface area contributed by atoms with Gasteiger partial charge >= 0.3 is 0 Å². The monoisotopic (exact) mass is 181 g/mol. The van der Waals surface area contributed by atoms with Crippen LogP contribution in [0.25, 0.3) is 0 Å². The summed E-state index contributed by atoms with van der Waals surface area (Å²) in [4.78, 5) is 0. The third-order valence-electron chi connectivity index (χ3n) is 2.45. The van der Waals surface area contributed by atoms with Crippen molar-refractivity contribution in [3.8, 4) is 6.07 Å². The molecule has 0 fully saturated rings. The summed E-state index contributed by atoms with van der Waals surface area (Å²) in [5.41, 5.74) is 2.01. The van der Waals surface area contributed by atoms with Gasteiger partial charge in [0, 0.05) is 5.92 Å². The Kier molecular flexibility index (Phi) is 2.46. The van der Waals surface area contributed by atoms with Crippen LogP contribution in [0.1, 0.15) is 23.5 Å². The fourth-order valence-electron chi connectivity index (χ4n) is 1.63. The summed E-state index contributed by atoms with van der Waals surface area (Å²) >= 11 is 0. The van der Waals surface area contributed by atoms with Crippen molar-refractivity contribution in [3.63, 3.8) is 0 Å². The first-order chi connectivity index (χ1) is 6.90. The van der Waals surface area contributed by atoms with Crippen LogP contribution in [-0.4, -0.2) is 0 Å². The van der Waals surface area contributed by atoms with E-state index in [1.165, 1.54) is 5.56 Å².